The molecule has 4 nitrogen and oxygen atoms in total. The van der Waals surface area contributed by atoms with Gasteiger partial charge in [-0.25, -0.2) is 13.6 Å². The van der Waals surface area contributed by atoms with E-state index >= 15 is 0 Å². The highest BCUT2D eigenvalue weighted by Crippen LogP contribution is 2.13. The molecule has 0 radical (unpaired) electrons. The third-order valence-electron chi connectivity index (χ3n) is 3.19. The van der Waals surface area contributed by atoms with Crippen LogP contribution in [-0.4, -0.2) is 15.0 Å². The minimum atomic E-state index is -3.59. The van der Waals surface area contributed by atoms with Crippen molar-refractivity contribution in [3.8, 4) is 0 Å². The summed E-state index contributed by atoms with van der Waals surface area (Å²) in [5, 5.41) is 9.45. The molecule has 4 N–H and O–H groups in total. The number of thiophene rings is 1. The summed E-state index contributed by atoms with van der Waals surface area (Å²) < 4.78 is 22.3. The van der Waals surface area contributed by atoms with Crippen molar-refractivity contribution in [2.24, 2.45) is 5.14 Å². The van der Waals surface area contributed by atoms with Crippen LogP contribution in [0.1, 0.15) is 16.0 Å². The highest BCUT2D eigenvalue weighted by molar-refractivity contribution is 7.89. The van der Waals surface area contributed by atoms with Crippen molar-refractivity contribution < 1.29 is 13.7 Å². The molecule has 0 aliphatic carbocycles. The average molecular weight is 311 g/mol. The van der Waals surface area contributed by atoms with Gasteiger partial charge in [0.1, 0.15) is 6.54 Å². The molecule has 0 saturated heterocycles. The lowest BCUT2D eigenvalue weighted by atomic mass is 10.1. The van der Waals surface area contributed by atoms with Crippen molar-refractivity contribution in [1.82, 2.24) is 0 Å². The van der Waals surface area contributed by atoms with Gasteiger partial charge in [-0.2, -0.15) is 0 Å². The highest BCUT2D eigenvalue weighted by Gasteiger charge is 2.07. The van der Waals surface area contributed by atoms with Gasteiger partial charge >= 0.3 is 0 Å². The van der Waals surface area contributed by atoms with Gasteiger partial charge in [-0.3, -0.25) is 0 Å². The van der Waals surface area contributed by atoms with Gasteiger partial charge in [0, 0.05) is 6.42 Å². The molecule has 2 aromatic rings. The molecule has 0 bridgehead atoms. The maximum atomic E-state index is 11.1. The maximum absolute atomic E-state index is 11.1. The molecule has 0 aliphatic heterocycles. The Labute approximate surface area is 123 Å². The summed E-state index contributed by atoms with van der Waals surface area (Å²) in [6.07, 6.45) is 0.912. The second-order valence-electron chi connectivity index (χ2n) is 4.75. The molecular weight excluding hydrogens is 292 g/mol. The lowest BCUT2D eigenvalue weighted by Gasteiger charge is -2.03. The van der Waals surface area contributed by atoms with Crippen LogP contribution in [0.5, 0.6) is 0 Å². The summed E-state index contributed by atoms with van der Waals surface area (Å²) in [7, 11) is -3.59. The third kappa shape index (κ3) is 4.14. The molecule has 0 saturated carbocycles. The number of hydrogen-bond acceptors (Lipinski definition) is 3. The standard InChI is InChI=1S/C14H18N2O2S2/c1-11-7-9-19-14(11)10-16-8-6-12-2-4-13(5-3-12)20(15,17)18/h2-5,7,9,16H,6,8,10H2,1H3,(H2,15,17,18)/p+1. The molecule has 0 amide bonds. The van der Waals surface area contributed by atoms with Crippen molar-refractivity contribution >= 4 is 21.4 Å². The van der Waals surface area contributed by atoms with E-state index in [2.05, 4.69) is 23.7 Å². The molecular formula is C14H19N2O2S2+. The zero-order chi connectivity index (χ0) is 14.6. The summed E-state index contributed by atoms with van der Waals surface area (Å²) in [5.41, 5.74) is 2.47. The van der Waals surface area contributed by atoms with E-state index in [4.69, 9.17) is 5.14 Å². The van der Waals surface area contributed by atoms with E-state index in [1.807, 2.05) is 12.1 Å². The van der Waals surface area contributed by atoms with Crippen LogP contribution in [-0.2, 0) is 23.0 Å². The second-order valence-corrected chi connectivity index (χ2v) is 7.31. The van der Waals surface area contributed by atoms with Crippen molar-refractivity contribution in [3.63, 3.8) is 0 Å². The smallest absolute Gasteiger partial charge is 0.238 e. The minimum Gasteiger partial charge on any atom is -0.342 e. The summed E-state index contributed by atoms with van der Waals surface area (Å²) in [5.74, 6) is 0. The maximum Gasteiger partial charge on any atom is 0.238 e. The van der Waals surface area contributed by atoms with Crippen molar-refractivity contribution in [3.05, 3.63) is 51.7 Å². The average Bonchev–Trinajstić information content (AvgIpc) is 2.80. The van der Waals surface area contributed by atoms with E-state index in [9.17, 15) is 8.42 Å². The topological polar surface area (TPSA) is 76.8 Å². The first-order valence-electron chi connectivity index (χ1n) is 6.43. The first-order chi connectivity index (χ1) is 9.47. The summed E-state index contributed by atoms with van der Waals surface area (Å²) in [6, 6.07) is 8.91. The number of nitrogens with two attached hydrogens (primary N) is 2. The molecule has 108 valence electrons. The van der Waals surface area contributed by atoms with Crippen LogP contribution in [0.4, 0.5) is 0 Å². The fourth-order valence-electron chi connectivity index (χ4n) is 1.96. The fraction of sp³-hybridized carbons (Fsp3) is 0.286. The Morgan fingerprint density at radius 1 is 1.20 bits per heavy atom. The molecule has 2 rings (SSSR count). The van der Waals surface area contributed by atoms with Crippen LogP contribution in [0.25, 0.3) is 0 Å². The van der Waals surface area contributed by atoms with E-state index < -0.39 is 10.0 Å². The normalized spacial score (nSPS) is 11.7. The van der Waals surface area contributed by atoms with E-state index in [1.165, 1.54) is 10.4 Å². The lowest BCUT2D eigenvalue weighted by Crippen LogP contribution is -2.83. The van der Waals surface area contributed by atoms with Crippen LogP contribution in [0.3, 0.4) is 0 Å². The number of benzene rings is 1. The van der Waals surface area contributed by atoms with Crippen LogP contribution in [0.2, 0.25) is 0 Å². The third-order valence-corrected chi connectivity index (χ3v) is 5.16. The Morgan fingerprint density at radius 2 is 1.90 bits per heavy atom. The second kappa shape index (κ2) is 6.49. The number of sulfonamides is 1. The fourth-order valence-corrected chi connectivity index (χ4v) is 3.38. The first-order valence-corrected chi connectivity index (χ1v) is 8.86. The Kier molecular flexibility index (Phi) is 4.93. The van der Waals surface area contributed by atoms with Crippen LogP contribution < -0.4 is 10.5 Å². The Balaban J connectivity index is 1.81. The molecule has 0 atom stereocenters. The van der Waals surface area contributed by atoms with E-state index in [0.717, 1.165) is 25.1 Å². The van der Waals surface area contributed by atoms with Crippen LogP contribution in [0, 0.1) is 6.92 Å². The van der Waals surface area contributed by atoms with Gasteiger partial charge in [-0.05, 0) is 41.6 Å². The highest BCUT2D eigenvalue weighted by atomic mass is 32.2. The molecule has 0 unspecified atom stereocenters. The molecule has 1 aromatic heterocycles. The van der Waals surface area contributed by atoms with Crippen LogP contribution >= 0.6 is 11.3 Å². The first kappa shape index (κ1) is 15.2. The van der Waals surface area contributed by atoms with Gasteiger partial charge in [0.15, 0.2) is 0 Å². The van der Waals surface area contributed by atoms with Gasteiger partial charge in [-0.1, -0.05) is 12.1 Å². The monoisotopic (exact) mass is 311 g/mol. The molecule has 0 fully saturated rings. The largest absolute Gasteiger partial charge is 0.342 e. The summed E-state index contributed by atoms with van der Waals surface area (Å²) >= 11 is 1.79. The number of primary sulfonamides is 1. The Morgan fingerprint density at radius 3 is 2.45 bits per heavy atom. The molecule has 1 aromatic carbocycles. The Hall–Kier alpha value is -1.21. The van der Waals surface area contributed by atoms with E-state index in [1.54, 1.807) is 23.5 Å². The summed E-state index contributed by atoms with van der Waals surface area (Å²) in [6.45, 7) is 4.11. The predicted octanol–water partition coefficient (Wildman–Crippen LogP) is 1.01. The van der Waals surface area contributed by atoms with Crippen LogP contribution in [0.15, 0.2) is 40.6 Å². The van der Waals surface area contributed by atoms with Crippen molar-refractivity contribution in [2.75, 3.05) is 6.54 Å². The van der Waals surface area contributed by atoms with Crippen molar-refractivity contribution in [2.45, 2.75) is 24.8 Å². The molecule has 6 heteroatoms. The van der Waals surface area contributed by atoms with Gasteiger partial charge in [0.2, 0.25) is 10.0 Å². The van der Waals surface area contributed by atoms with E-state index in [0.29, 0.717) is 0 Å². The summed E-state index contributed by atoms with van der Waals surface area (Å²) in [4.78, 5) is 1.58. The zero-order valence-electron chi connectivity index (χ0n) is 11.4. The SMILES string of the molecule is Cc1ccsc1C[NH2+]CCc1ccc(S(N)(=O)=O)cc1. The van der Waals surface area contributed by atoms with Gasteiger partial charge in [0.25, 0.3) is 0 Å². The number of aryl methyl sites for hydroxylation is 1. The van der Waals surface area contributed by atoms with Gasteiger partial charge in [-0.15, -0.1) is 11.3 Å². The molecule has 20 heavy (non-hydrogen) atoms. The number of rotatable bonds is 6. The number of hydrogen-bond donors (Lipinski definition) is 2. The molecule has 0 spiro atoms. The van der Waals surface area contributed by atoms with Gasteiger partial charge in [0.05, 0.1) is 16.3 Å². The van der Waals surface area contributed by atoms with Crippen molar-refractivity contribution in [1.29, 1.82) is 0 Å². The lowest BCUT2D eigenvalue weighted by molar-refractivity contribution is -0.669. The minimum absolute atomic E-state index is 0.166. The Bertz CT molecular complexity index is 661. The van der Waals surface area contributed by atoms with E-state index in [-0.39, 0.29) is 4.90 Å². The zero-order valence-corrected chi connectivity index (χ0v) is 13.0. The molecule has 1 heterocycles. The predicted molar refractivity (Wildman–Crippen MR) is 81.1 cm³/mol. The number of quaternary nitrogens is 1. The van der Waals surface area contributed by atoms with Gasteiger partial charge < -0.3 is 5.32 Å². The quantitative estimate of drug-likeness (QED) is 0.781. The molecule has 0 aliphatic rings.